The van der Waals surface area contributed by atoms with Crippen molar-refractivity contribution in [2.75, 3.05) is 36.7 Å². The summed E-state index contributed by atoms with van der Waals surface area (Å²) in [5.41, 5.74) is 3.72. The standard InChI is InChI=1S/C27H33ClN4O3S2/c1-19(2)30-12-5-13-32(37(4,34)35)26-16-24(28)11-10-23(26)17-31(15-14-30)27(33)22-8-6-21(7-9-22)25-18-36-20(3)29-25/h6-11,16,18-19H,5,12-15,17H2,1-4H3. The molecule has 3 aromatic rings. The number of thiazole rings is 1. The van der Waals surface area contributed by atoms with E-state index in [0.29, 0.717) is 42.3 Å². The Bertz CT molecular complexity index is 1360. The molecule has 0 radical (unpaired) electrons. The fourth-order valence-electron chi connectivity index (χ4n) is 4.58. The van der Waals surface area contributed by atoms with E-state index in [4.69, 9.17) is 11.6 Å². The van der Waals surface area contributed by atoms with Crippen molar-refractivity contribution in [1.82, 2.24) is 14.8 Å². The van der Waals surface area contributed by atoms with Crippen molar-refractivity contribution >= 4 is 44.6 Å². The number of benzene rings is 2. The van der Waals surface area contributed by atoms with Crippen molar-refractivity contribution in [2.45, 2.75) is 39.8 Å². The largest absolute Gasteiger partial charge is 0.333 e. The molecule has 4 rings (SSSR count). The van der Waals surface area contributed by atoms with Gasteiger partial charge in [-0.3, -0.25) is 14.0 Å². The van der Waals surface area contributed by atoms with E-state index in [0.717, 1.165) is 28.4 Å². The zero-order valence-corrected chi connectivity index (χ0v) is 24.0. The maximum atomic E-state index is 13.8. The predicted molar refractivity (Wildman–Crippen MR) is 152 cm³/mol. The van der Waals surface area contributed by atoms with E-state index in [9.17, 15) is 13.2 Å². The number of nitrogens with zero attached hydrogens (tertiary/aromatic N) is 4. The lowest BCUT2D eigenvalue weighted by atomic mass is 10.1. The lowest BCUT2D eigenvalue weighted by Gasteiger charge is -2.30. The zero-order valence-electron chi connectivity index (χ0n) is 21.6. The average Bonchev–Trinajstić information content (AvgIpc) is 3.27. The first kappa shape index (κ1) is 27.6. The van der Waals surface area contributed by atoms with Crippen LogP contribution in [0.5, 0.6) is 0 Å². The Labute approximate surface area is 228 Å². The fourth-order valence-corrected chi connectivity index (χ4v) is 6.36. The lowest BCUT2D eigenvalue weighted by Crippen LogP contribution is -2.41. The summed E-state index contributed by atoms with van der Waals surface area (Å²) in [4.78, 5) is 22.4. The summed E-state index contributed by atoms with van der Waals surface area (Å²) in [5, 5.41) is 3.46. The molecular weight excluding hydrogens is 528 g/mol. The van der Waals surface area contributed by atoms with Crippen molar-refractivity contribution in [2.24, 2.45) is 0 Å². The molecule has 2 aromatic carbocycles. The second-order valence-electron chi connectivity index (χ2n) is 9.65. The molecule has 1 aliphatic heterocycles. The second-order valence-corrected chi connectivity index (χ2v) is 13.1. The number of amides is 1. The third-order valence-corrected chi connectivity index (χ3v) is 8.79. The van der Waals surface area contributed by atoms with Crippen LogP contribution in [0.25, 0.3) is 11.3 Å². The van der Waals surface area contributed by atoms with Crippen LogP contribution < -0.4 is 4.31 Å². The molecule has 10 heteroatoms. The molecule has 0 fully saturated rings. The Kier molecular flexibility index (Phi) is 8.58. The van der Waals surface area contributed by atoms with Crippen LogP contribution in [0.1, 0.15) is 41.2 Å². The predicted octanol–water partition coefficient (Wildman–Crippen LogP) is 5.29. The number of carbonyl (C=O) groups excluding carboxylic acids is 1. The van der Waals surface area contributed by atoms with Crippen LogP contribution >= 0.6 is 22.9 Å². The average molecular weight is 561 g/mol. The van der Waals surface area contributed by atoms with Gasteiger partial charge in [-0.05, 0) is 57.0 Å². The van der Waals surface area contributed by atoms with Crippen LogP contribution in [0.4, 0.5) is 5.69 Å². The van der Waals surface area contributed by atoms with E-state index >= 15 is 0 Å². The van der Waals surface area contributed by atoms with Gasteiger partial charge in [0.1, 0.15) is 0 Å². The van der Waals surface area contributed by atoms with Crippen LogP contribution in [0.2, 0.25) is 5.02 Å². The number of halogens is 1. The van der Waals surface area contributed by atoms with Crippen LogP contribution in [0.15, 0.2) is 47.8 Å². The van der Waals surface area contributed by atoms with E-state index in [1.54, 1.807) is 28.4 Å². The minimum absolute atomic E-state index is 0.101. The van der Waals surface area contributed by atoms with E-state index in [-0.39, 0.29) is 18.5 Å². The van der Waals surface area contributed by atoms with Gasteiger partial charge < -0.3 is 4.90 Å². The number of rotatable bonds is 4. The Balaban J connectivity index is 1.70. The molecule has 1 aromatic heterocycles. The summed E-state index contributed by atoms with van der Waals surface area (Å²) >= 11 is 7.90. The highest BCUT2D eigenvalue weighted by atomic mass is 35.5. The van der Waals surface area contributed by atoms with Crippen molar-refractivity contribution in [1.29, 1.82) is 0 Å². The van der Waals surface area contributed by atoms with Gasteiger partial charge in [-0.15, -0.1) is 11.3 Å². The van der Waals surface area contributed by atoms with E-state index in [2.05, 4.69) is 23.7 Å². The quantitative estimate of drug-likeness (QED) is 0.433. The smallest absolute Gasteiger partial charge is 0.254 e. The highest BCUT2D eigenvalue weighted by molar-refractivity contribution is 7.92. The first-order valence-corrected chi connectivity index (χ1v) is 15.5. The number of aryl methyl sites for hydroxylation is 1. The Morgan fingerprint density at radius 3 is 2.41 bits per heavy atom. The molecule has 2 heterocycles. The van der Waals surface area contributed by atoms with Gasteiger partial charge in [0.2, 0.25) is 10.0 Å². The highest BCUT2D eigenvalue weighted by Gasteiger charge is 2.26. The summed E-state index contributed by atoms with van der Waals surface area (Å²) in [6.07, 6.45) is 1.88. The molecule has 0 bridgehead atoms. The molecule has 0 atom stereocenters. The minimum Gasteiger partial charge on any atom is -0.333 e. The number of anilines is 1. The van der Waals surface area contributed by atoms with E-state index in [1.807, 2.05) is 42.6 Å². The van der Waals surface area contributed by atoms with Gasteiger partial charge in [-0.25, -0.2) is 13.4 Å². The van der Waals surface area contributed by atoms with Gasteiger partial charge in [0, 0.05) is 60.3 Å². The van der Waals surface area contributed by atoms with Crippen LogP contribution in [-0.4, -0.2) is 67.6 Å². The summed E-state index contributed by atoms with van der Waals surface area (Å²) in [5.74, 6) is -0.101. The van der Waals surface area contributed by atoms with Gasteiger partial charge in [-0.2, -0.15) is 0 Å². The van der Waals surface area contributed by atoms with Gasteiger partial charge >= 0.3 is 0 Å². The number of carbonyl (C=O) groups is 1. The topological polar surface area (TPSA) is 73.8 Å². The molecule has 0 unspecified atom stereocenters. The molecule has 0 aliphatic carbocycles. The molecule has 0 N–H and O–H groups in total. The zero-order chi connectivity index (χ0) is 26.7. The van der Waals surface area contributed by atoms with Crippen molar-refractivity contribution in [3.8, 4) is 11.3 Å². The minimum atomic E-state index is -3.54. The Morgan fingerprint density at radius 2 is 1.78 bits per heavy atom. The highest BCUT2D eigenvalue weighted by Crippen LogP contribution is 2.30. The monoisotopic (exact) mass is 560 g/mol. The molecular formula is C27H33ClN4O3S2. The van der Waals surface area contributed by atoms with Crippen molar-refractivity contribution in [3.63, 3.8) is 0 Å². The summed E-state index contributed by atoms with van der Waals surface area (Å²) in [6, 6.07) is 13.0. The molecule has 198 valence electrons. The second kappa shape index (κ2) is 11.5. The molecule has 7 nitrogen and oxygen atoms in total. The molecule has 1 amide bonds. The normalized spacial score (nSPS) is 15.9. The third kappa shape index (κ3) is 6.71. The number of sulfonamides is 1. The maximum absolute atomic E-state index is 13.8. The molecule has 0 saturated heterocycles. The van der Waals surface area contributed by atoms with E-state index in [1.165, 1.54) is 10.6 Å². The van der Waals surface area contributed by atoms with E-state index < -0.39 is 10.0 Å². The van der Waals surface area contributed by atoms with Gasteiger partial charge in [0.25, 0.3) is 5.91 Å². The Hall–Kier alpha value is -2.46. The third-order valence-electron chi connectivity index (χ3n) is 6.61. The van der Waals surface area contributed by atoms with Gasteiger partial charge in [-0.1, -0.05) is 29.8 Å². The Morgan fingerprint density at radius 1 is 1.05 bits per heavy atom. The SMILES string of the molecule is Cc1nc(-c2ccc(C(=O)N3CCN(C(C)C)CCCN(S(C)(=O)=O)c4cc(Cl)ccc4C3)cc2)cs1. The first-order chi connectivity index (χ1) is 17.5. The lowest BCUT2D eigenvalue weighted by molar-refractivity contribution is 0.0712. The summed E-state index contributed by atoms with van der Waals surface area (Å²) < 4.78 is 27.0. The number of hydrogen-bond acceptors (Lipinski definition) is 6. The fraction of sp³-hybridized carbons (Fsp3) is 0.407. The number of fused-ring (bicyclic) bond motifs is 1. The summed E-state index contributed by atoms with van der Waals surface area (Å²) in [7, 11) is -3.54. The molecule has 37 heavy (non-hydrogen) atoms. The van der Waals surface area contributed by atoms with Gasteiger partial charge in [0.15, 0.2) is 0 Å². The molecule has 0 spiro atoms. The van der Waals surface area contributed by atoms with Crippen LogP contribution in [-0.2, 0) is 16.6 Å². The summed E-state index contributed by atoms with van der Waals surface area (Å²) in [6.45, 7) is 8.77. The van der Waals surface area contributed by atoms with Gasteiger partial charge in [0.05, 0.1) is 22.6 Å². The number of aromatic nitrogens is 1. The van der Waals surface area contributed by atoms with Crippen molar-refractivity contribution in [3.05, 3.63) is 69.0 Å². The molecule has 0 saturated carbocycles. The van der Waals surface area contributed by atoms with Crippen molar-refractivity contribution < 1.29 is 13.2 Å². The molecule has 1 aliphatic rings. The van der Waals surface area contributed by atoms with Crippen LogP contribution in [0.3, 0.4) is 0 Å². The van der Waals surface area contributed by atoms with Crippen LogP contribution in [0, 0.1) is 6.92 Å². The number of hydrogen-bond donors (Lipinski definition) is 0. The first-order valence-electron chi connectivity index (χ1n) is 12.3. The maximum Gasteiger partial charge on any atom is 0.254 e.